The van der Waals surface area contributed by atoms with Gasteiger partial charge in [0.1, 0.15) is 6.61 Å². The summed E-state index contributed by atoms with van der Waals surface area (Å²) in [6, 6.07) is 0. The summed E-state index contributed by atoms with van der Waals surface area (Å²) < 4.78 is 9.54. The second kappa shape index (κ2) is 7.76. The highest BCUT2D eigenvalue weighted by Crippen LogP contribution is 2.01. The van der Waals surface area contributed by atoms with E-state index in [1.54, 1.807) is 6.92 Å². The van der Waals surface area contributed by atoms with E-state index in [1.165, 1.54) is 0 Å². The van der Waals surface area contributed by atoms with Crippen molar-refractivity contribution in [2.24, 2.45) is 0 Å². The Morgan fingerprint density at radius 1 is 1.36 bits per heavy atom. The number of carbonyl (C=O) groups excluding carboxylic acids is 2. The first-order valence-corrected chi connectivity index (χ1v) is 4.98. The molecule has 0 spiro atoms. The van der Waals surface area contributed by atoms with E-state index in [2.05, 4.69) is 4.74 Å². The topological polar surface area (TPSA) is 52.6 Å². The first-order chi connectivity index (χ1) is 6.63. The number of ketones is 1. The number of Topliss-reactive ketones (excluding diaryl/α,β-unsaturated/α-hetero) is 1. The van der Waals surface area contributed by atoms with Crippen LogP contribution >= 0.6 is 11.6 Å². The zero-order valence-electron chi connectivity index (χ0n) is 8.42. The molecule has 0 saturated carbocycles. The molecule has 14 heavy (non-hydrogen) atoms. The molecule has 0 aromatic rings. The van der Waals surface area contributed by atoms with Crippen LogP contribution in [0.4, 0.5) is 0 Å². The molecule has 0 saturated heterocycles. The Hall–Kier alpha value is -0.610. The summed E-state index contributed by atoms with van der Waals surface area (Å²) in [4.78, 5) is 22.2. The molecule has 0 bridgehead atoms. The van der Waals surface area contributed by atoms with Crippen LogP contribution in [0.15, 0.2) is 0 Å². The van der Waals surface area contributed by atoms with Crippen LogP contribution in [0.3, 0.4) is 0 Å². The number of rotatable bonds is 7. The Morgan fingerprint density at radius 2 is 2.00 bits per heavy atom. The molecular formula is C9H15ClO4. The molecule has 0 rings (SSSR count). The van der Waals surface area contributed by atoms with Crippen LogP contribution in [0.5, 0.6) is 0 Å². The predicted octanol–water partition coefficient (Wildman–Crippen LogP) is 1.15. The van der Waals surface area contributed by atoms with Gasteiger partial charge in [-0.25, -0.2) is 4.79 Å². The van der Waals surface area contributed by atoms with Crippen molar-refractivity contribution in [1.82, 2.24) is 0 Å². The Labute approximate surface area is 88.5 Å². The minimum atomic E-state index is -1.24. The van der Waals surface area contributed by atoms with Crippen molar-refractivity contribution in [2.45, 2.75) is 25.6 Å². The molecule has 0 fully saturated rings. The maximum Gasteiger partial charge on any atom is 0.331 e. The molecule has 0 aromatic heterocycles. The zero-order chi connectivity index (χ0) is 11.0. The molecule has 5 heteroatoms. The van der Waals surface area contributed by atoms with E-state index in [1.807, 2.05) is 6.92 Å². The highest BCUT2D eigenvalue weighted by molar-refractivity contribution is 6.41. The summed E-state index contributed by atoms with van der Waals surface area (Å²) in [5.74, 6) is -1.17. The van der Waals surface area contributed by atoms with Crippen LogP contribution in [0.2, 0.25) is 0 Å². The standard InChI is InChI=1S/C9H15ClO4/c1-3-5-13-6-7(11)8(10)9(12)14-4-2/h8H,3-6H2,1-2H3. The van der Waals surface area contributed by atoms with Crippen molar-refractivity contribution in [3.8, 4) is 0 Å². The Kier molecular flexibility index (Phi) is 7.42. The molecule has 1 unspecified atom stereocenters. The van der Waals surface area contributed by atoms with E-state index >= 15 is 0 Å². The average Bonchev–Trinajstić information content (AvgIpc) is 2.17. The SMILES string of the molecule is CCCOCC(=O)C(Cl)C(=O)OCC. The molecular weight excluding hydrogens is 208 g/mol. The fourth-order valence-corrected chi connectivity index (χ4v) is 0.863. The third kappa shape index (κ3) is 5.19. The monoisotopic (exact) mass is 222 g/mol. The average molecular weight is 223 g/mol. The fraction of sp³-hybridized carbons (Fsp3) is 0.778. The number of hydrogen-bond donors (Lipinski definition) is 0. The summed E-state index contributed by atoms with van der Waals surface area (Å²) in [5.41, 5.74) is 0. The van der Waals surface area contributed by atoms with Crippen molar-refractivity contribution in [3.05, 3.63) is 0 Å². The first kappa shape index (κ1) is 13.4. The van der Waals surface area contributed by atoms with Gasteiger partial charge >= 0.3 is 5.97 Å². The smallest absolute Gasteiger partial charge is 0.331 e. The number of carbonyl (C=O) groups is 2. The van der Waals surface area contributed by atoms with Gasteiger partial charge in [0.05, 0.1) is 6.61 Å². The van der Waals surface area contributed by atoms with Gasteiger partial charge in [-0.2, -0.15) is 0 Å². The molecule has 0 heterocycles. The zero-order valence-corrected chi connectivity index (χ0v) is 9.17. The van der Waals surface area contributed by atoms with Crippen LogP contribution < -0.4 is 0 Å². The number of ether oxygens (including phenoxy) is 2. The van der Waals surface area contributed by atoms with Crippen LogP contribution in [0, 0.1) is 0 Å². The number of alkyl halides is 1. The van der Waals surface area contributed by atoms with Gasteiger partial charge in [0.2, 0.25) is 0 Å². The molecule has 0 aliphatic rings. The summed E-state index contributed by atoms with van der Waals surface area (Å²) in [5, 5.41) is -1.24. The molecule has 82 valence electrons. The quantitative estimate of drug-likeness (QED) is 0.281. The first-order valence-electron chi connectivity index (χ1n) is 4.54. The summed E-state index contributed by atoms with van der Waals surface area (Å²) in [6.07, 6.45) is 0.819. The number of hydrogen-bond acceptors (Lipinski definition) is 4. The largest absolute Gasteiger partial charge is 0.465 e. The van der Waals surface area contributed by atoms with E-state index in [-0.39, 0.29) is 13.2 Å². The van der Waals surface area contributed by atoms with Crippen molar-refractivity contribution in [3.63, 3.8) is 0 Å². The predicted molar refractivity (Wildman–Crippen MR) is 52.4 cm³/mol. The van der Waals surface area contributed by atoms with Crippen molar-refractivity contribution < 1.29 is 19.1 Å². The third-order valence-corrected chi connectivity index (χ3v) is 1.79. The van der Waals surface area contributed by atoms with Gasteiger partial charge < -0.3 is 9.47 Å². The molecule has 0 radical (unpaired) electrons. The molecule has 0 N–H and O–H groups in total. The second-order valence-electron chi connectivity index (χ2n) is 2.63. The van der Waals surface area contributed by atoms with Gasteiger partial charge in [-0.05, 0) is 13.3 Å². The number of halogens is 1. The van der Waals surface area contributed by atoms with Crippen LogP contribution in [-0.4, -0.2) is 37.0 Å². The molecule has 0 aliphatic heterocycles. The summed E-state index contributed by atoms with van der Waals surface area (Å²) in [7, 11) is 0. The lowest BCUT2D eigenvalue weighted by Gasteiger charge is -2.07. The Bertz CT molecular complexity index is 193. The van der Waals surface area contributed by atoms with E-state index in [4.69, 9.17) is 16.3 Å². The lowest BCUT2D eigenvalue weighted by molar-refractivity contribution is -0.145. The van der Waals surface area contributed by atoms with Crippen LogP contribution in [0.25, 0.3) is 0 Å². The van der Waals surface area contributed by atoms with E-state index < -0.39 is 17.1 Å². The van der Waals surface area contributed by atoms with Gasteiger partial charge in [0, 0.05) is 6.61 Å². The van der Waals surface area contributed by atoms with E-state index in [9.17, 15) is 9.59 Å². The van der Waals surface area contributed by atoms with Gasteiger partial charge in [-0.1, -0.05) is 6.92 Å². The molecule has 1 atom stereocenters. The maximum absolute atomic E-state index is 11.2. The Balaban J connectivity index is 3.80. The summed E-state index contributed by atoms with van der Waals surface area (Å²) in [6.45, 7) is 4.14. The minimum absolute atomic E-state index is 0.138. The lowest BCUT2D eigenvalue weighted by Crippen LogP contribution is -2.30. The van der Waals surface area contributed by atoms with Gasteiger partial charge in [0.15, 0.2) is 11.2 Å². The highest BCUT2D eigenvalue weighted by atomic mass is 35.5. The van der Waals surface area contributed by atoms with Crippen molar-refractivity contribution in [1.29, 1.82) is 0 Å². The van der Waals surface area contributed by atoms with Gasteiger partial charge in [-0.3, -0.25) is 4.79 Å². The molecule has 4 nitrogen and oxygen atoms in total. The van der Waals surface area contributed by atoms with Gasteiger partial charge in [-0.15, -0.1) is 11.6 Å². The van der Waals surface area contributed by atoms with Crippen molar-refractivity contribution >= 4 is 23.4 Å². The Morgan fingerprint density at radius 3 is 2.50 bits per heavy atom. The normalized spacial score (nSPS) is 12.2. The third-order valence-electron chi connectivity index (χ3n) is 1.37. The molecule has 0 aliphatic carbocycles. The fourth-order valence-electron chi connectivity index (χ4n) is 0.737. The van der Waals surface area contributed by atoms with Crippen LogP contribution in [-0.2, 0) is 19.1 Å². The maximum atomic E-state index is 11.2. The molecule has 0 aromatic carbocycles. The summed E-state index contributed by atoms with van der Waals surface area (Å²) >= 11 is 5.54. The number of esters is 1. The van der Waals surface area contributed by atoms with E-state index in [0.29, 0.717) is 6.61 Å². The minimum Gasteiger partial charge on any atom is -0.465 e. The second-order valence-corrected chi connectivity index (χ2v) is 3.07. The lowest BCUT2D eigenvalue weighted by atomic mass is 10.3. The highest BCUT2D eigenvalue weighted by Gasteiger charge is 2.24. The van der Waals surface area contributed by atoms with Crippen molar-refractivity contribution in [2.75, 3.05) is 19.8 Å². The van der Waals surface area contributed by atoms with Gasteiger partial charge in [0.25, 0.3) is 0 Å². The van der Waals surface area contributed by atoms with E-state index in [0.717, 1.165) is 6.42 Å². The molecule has 0 amide bonds. The van der Waals surface area contributed by atoms with Crippen LogP contribution in [0.1, 0.15) is 20.3 Å².